The van der Waals surface area contributed by atoms with Gasteiger partial charge in [-0.2, -0.15) is 0 Å². The number of likely N-dealkylation sites (N-methyl/N-ethyl adjacent to an activating group) is 1. The predicted molar refractivity (Wildman–Crippen MR) is 59.4 cm³/mol. The van der Waals surface area contributed by atoms with Crippen molar-refractivity contribution in [2.24, 2.45) is 0 Å². The van der Waals surface area contributed by atoms with E-state index >= 15 is 0 Å². The van der Waals surface area contributed by atoms with Crippen molar-refractivity contribution in [1.82, 2.24) is 9.80 Å². The van der Waals surface area contributed by atoms with E-state index in [1.807, 2.05) is 0 Å². The van der Waals surface area contributed by atoms with Crippen molar-refractivity contribution in [3.8, 4) is 0 Å². The maximum Gasteiger partial charge on any atom is 0.0415 e. The molecule has 1 radical (unpaired) electrons. The molecule has 0 bridgehead atoms. The molecular formula is C9H16IN2. The first-order valence-corrected chi connectivity index (χ1v) is 5.92. The lowest BCUT2D eigenvalue weighted by molar-refractivity contribution is 0.134. The molecule has 1 aliphatic carbocycles. The lowest BCUT2D eigenvalue weighted by Gasteiger charge is -2.43. The van der Waals surface area contributed by atoms with E-state index in [2.05, 4.69) is 39.4 Å². The molecule has 1 heterocycles. The number of rotatable bonds is 1. The summed E-state index contributed by atoms with van der Waals surface area (Å²) in [6.45, 7) is 5.01. The fraction of sp³-hybridized carbons (Fsp3) is 0.889. The van der Waals surface area contributed by atoms with Crippen LogP contribution in [0.15, 0.2) is 0 Å². The minimum absolute atomic E-state index is 0.928. The Hall–Kier alpha value is 0.650. The van der Waals surface area contributed by atoms with Gasteiger partial charge in [0, 0.05) is 36.1 Å². The summed E-state index contributed by atoms with van der Waals surface area (Å²) >= 11 is 2.55. The molecule has 69 valence electrons. The summed E-state index contributed by atoms with van der Waals surface area (Å²) in [7, 11) is 2.21. The molecule has 0 amide bonds. The third kappa shape index (κ3) is 1.93. The van der Waals surface area contributed by atoms with Gasteiger partial charge >= 0.3 is 0 Å². The smallest absolute Gasteiger partial charge is 0.0415 e. The molecule has 0 unspecified atom stereocenters. The van der Waals surface area contributed by atoms with Gasteiger partial charge in [-0.15, -0.1) is 0 Å². The van der Waals surface area contributed by atoms with Crippen molar-refractivity contribution >= 4 is 22.6 Å². The monoisotopic (exact) mass is 279 g/mol. The Bertz CT molecular complexity index is 149. The number of hydrogen-bond acceptors (Lipinski definition) is 2. The van der Waals surface area contributed by atoms with Gasteiger partial charge in [0.15, 0.2) is 0 Å². The number of halogens is 1. The zero-order valence-corrected chi connectivity index (χ0v) is 9.75. The standard InChI is InChI=1S/C9H16IN2/c1-11-2-4-12(5-3-11)9-6-8(10)7-9/h8H,2-7H2,1H3. The van der Waals surface area contributed by atoms with Gasteiger partial charge in [-0.05, 0) is 19.9 Å². The zero-order chi connectivity index (χ0) is 8.55. The van der Waals surface area contributed by atoms with Crippen LogP contribution in [0.1, 0.15) is 12.8 Å². The summed E-state index contributed by atoms with van der Waals surface area (Å²) < 4.78 is 0.928. The van der Waals surface area contributed by atoms with Gasteiger partial charge in [-0.1, -0.05) is 22.6 Å². The molecule has 2 aliphatic rings. The average Bonchev–Trinajstić information content (AvgIpc) is 2.01. The molecule has 2 rings (SSSR count). The summed E-state index contributed by atoms with van der Waals surface area (Å²) in [5, 5.41) is 0. The van der Waals surface area contributed by atoms with Crippen LogP contribution in [0.3, 0.4) is 0 Å². The second kappa shape index (κ2) is 3.80. The topological polar surface area (TPSA) is 6.48 Å². The third-order valence-electron chi connectivity index (χ3n) is 2.86. The van der Waals surface area contributed by atoms with Crippen molar-refractivity contribution in [3.05, 3.63) is 6.04 Å². The highest BCUT2D eigenvalue weighted by molar-refractivity contribution is 14.1. The first-order valence-electron chi connectivity index (χ1n) is 4.68. The SMILES string of the molecule is CN1CCN([C]2CC(I)C2)CC1. The molecule has 1 saturated carbocycles. The van der Waals surface area contributed by atoms with E-state index in [0.29, 0.717) is 0 Å². The number of hydrogen-bond donors (Lipinski definition) is 0. The van der Waals surface area contributed by atoms with Gasteiger partial charge in [-0.25, -0.2) is 0 Å². The molecule has 0 spiro atoms. The molecule has 12 heavy (non-hydrogen) atoms. The van der Waals surface area contributed by atoms with Crippen LogP contribution in [-0.4, -0.2) is 47.0 Å². The van der Waals surface area contributed by atoms with Crippen LogP contribution in [0.5, 0.6) is 0 Å². The van der Waals surface area contributed by atoms with E-state index in [1.165, 1.54) is 39.0 Å². The third-order valence-corrected chi connectivity index (χ3v) is 3.75. The van der Waals surface area contributed by atoms with Crippen molar-refractivity contribution in [2.75, 3.05) is 33.2 Å². The Balaban J connectivity index is 1.75. The molecule has 0 aromatic carbocycles. The van der Waals surface area contributed by atoms with Crippen LogP contribution in [0.25, 0.3) is 0 Å². The van der Waals surface area contributed by atoms with Gasteiger partial charge in [0.25, 0.3) is 0 Å². The van der Waals surface area contributed by atoms with Gasteiger partial charge in [-0.3, -0.25) is 4.90 Å². The minimum atomic E-state index is 0.928. The molecule has 0 atom stereocenters. The summed E-state index contributed by atoms with van der Waals surface area (Å²) in [6, 6.07) is 1.71. The molecule has 2 fully saturated rings. The van der Waals surface area contributed by atoms with Gasteiger partial charge in [0.05, 0.1) is 0 Å². The maximum atomic E-state index is 2.59. The average molecular weight is 279 g/mol. The second-order valence-electron chi connectivity index (χ2n) is 3.86. The minimum Gasteiger partial charge on any atom is -0.304 e. The van der Waals surface area contributed by atoms with E-state index in [0.717, 1.165) is 3.92 Å². The molecule has 0 aromatic heterocycles. The summed E-state index contributed by atoms with van der Waals surface area (Å²) in [4.78, 5) is 5.01. The maximum absolute atomic E-state index is 2.59. The second-order valence-corrected chi connectivity index (χ2v) is 5.62. The Labute approximate surface area is 88.4 Å². The summed E-state index contributed by atoms with van der Waals surface area (Å²) in [5.74, 6) is 0. The summed E-state index contributed by atoms with van der Waals surface area (Å²) in [5.41, 5.74) is 0. The van der Waals surface area contributed by atoms with Crippen LogP contribution in [0, 0.1) is 6.04 Å². The van der Waals surface area contributed by atoms with Crippen LogP contribution >= 0.6 is 22.6 Å². The van der Waals surface area contributed by atoms with Crippen LogP contribution in [-0.2, 0) is 0 Å². The Morgan fingerprint density at radius 3 is 2.25 bits per heavy atom. The molecular weight excluding hydrogens is 263 g/mol. The highest BCUT2D eigenvalue weighted by Gasteiger charge is 2.33. The molecule has 0 aromatic rings. The molecule has 3 heteroatoms. The van der Waals surface area contributed by atoms with E-state index < -0.39 is 0 Å². The van der Waals surface area contributed by atoms with Gasteiger partial charge in [0.1, 0.15) is 0 Å². The Kier molecular flexibility index (Phi) is 2.92. The lowest BCUT2D eigenvalue weighted by Crippen LogP contribution is -2.49. The van der Waals surface area contributed by atoms with E-state index in [1.54, 1.807) is 6.04 Å². The summed E-state index contributed by atoms with van der Waals surface area (Å²) in [6.07, 6.45) is 2.70. The molecule has 2 nitrogen and oxygen atoms in total. The number of piperazine rings is 1. The van der Waals surface area contributed by atoms with E-state index in [-0.39, 0.29) is 0 Å². The van der Waals surface area contributed by atoms with Crippen LogP contribution < -0.4 is 0 Å². The molecule has 0 N–H and O–H groups in total. The largest absolute Gasteiger partial charge is 0.304 e. The van der Waals surface area contributed by atoms with Crippen molar-refractivity contribution in [3.63, 3.8) is 0 Å². The Morgan fingerprint density at radius 1 is 1.17 bits per heavy atom. The predicted octanol–water partition coefficient (Wildman–Crippen LogP) is 1.36. The first kappa shape index (κ1) is 9.21. The van der Waals surface area contributed by atoms with Crippen LogP contribution in [0.2, 0.25) is 0 Å². The number of nitrogens with zero attached hydrogens (tertiary/aromatic N) is 2. The Morgan fingerprint density at radius 2 is 1.75 bits per heavy atom. The lowest BCUT2D eigenvalue weighted by atomic mass is 9.91. The van der Waals surface area contributed by atoms with E-state index in [9.17, 15) is 0 Å². The van der Waals surface area contributed by atoms with E-state index in [4.69, 9.17) is 0 Å². The quantitative estimate of drug-likeness (QED) is 0.528. The number of alkyl halides is 1. The highest BCUT2D eigenvalue weighted by Crippen LogP contribution is 2.38. The highest BCUT2D eigenvalue weighted by atomic mass is 127. The molecule has 1 aliphatic heterocycles. The normalized spacial score (nSPS) is 30.5. The zero-order valence-electron chi connectivity index (χ0n) is 7.59. The van der Waals surface area contributed by atoms with Crippen molar-refractivity contribution < 1.29 is 0 Å². The van der Waals surface area contributed by atoms with Crippen LogP contribution in [0.4, 0.5) is 0 Å². The van der Waals surface area contributed by atoms with Crippen molar-refractivity contribution in [2.45, 2.75) is 16.8 Å². The molecule has 1 saturated heterocycles. The first-order chi connectivity index (χ1) is 5.75. The fourth-order valence-corrected chi connectivity index (χ4v) is 2.85. The van der Waals surface area contributed by atoms with Gasteiger partial charge < -0.3 is 4.90 Å². The van der Waals surface area contributed by atoms with Gasteiger partial charge in [0.2, 0.25) is 0 Å². The fourth-order valence-electron chi connectivity index (χ4n) is 1.83. The van der Waals surface area contributed by atoms with Crippen molar-refractivity contribution in [1.29, 1.82) is 0 Å².